The van der Waals surface area contributed by atoms with Crippen molar-refractivity contribution >= 4 is 0 Å². The summed E-state index contributed by atoms with van der Waals surface area (Å²) in [6, 6.07) is 6.23. The van der Waals surface area contributed by atoms with Crippen molar-refractivity contribution in [3.8, 4) is 11.5 Å². The molecule has 0 radical (unpaired) electrons. The molecule has 0 unspecified atom stereocenters. The fourth-order valence-corrected chi connectivity index (χ4v) is 3.90. The average molecular weight is 275 g/mol. The van der Waals surface area contributed by atoms with Gasteiger partial charge in [-0.25, -0.2) is 0 Å². The van der Waals surface area contributed by atoms with Crippen molar-refractivity contribution in [1.29, 1.82) is 0 Å². The van der Waals surface area contributed by atoms with Crippen LogP contribution < -0.4 is 9.47 Å². The lowest BCUT2D eigenvalue weighted by Crippen LogP contribution is -2.24. The first-order valence-corrected chi connectivity index (χ1v) is 7.58. The fraction of sp³-hybridized carbons (Fsp3) is 0.625. The molecule has 1 aromatic rings. The molecule has 0 amide bonds. The fourth-order valence-electron chi connectivity index (χ4n) is 3.90. The van der Waals surface area contributed by atoms with Crippen molar-refractivity contribution in [2.45, 2.75) is 25.5 Å². The Morgan fingerprint density at radius 1 is 1.10 bits per heavy atom. The molecule has 2 heterocycles. The van der Waals surface area contributed by atoms with Gasteiger partial charge in [-0.2, -0.15) is 0 Å². The molecule has 0 spiro atoms. The quantitative estimate of drug-likeness (QED) is 0.891. The van der Waals surface area contributed by atoms with E-state index in [9.17, 15) is 5.11 Å². The van der Waals surface area contributed by atoms with Crippen LogP contribution in [0.4, 0.5) is 0 Å². The maximum absolute atomic E-state index is 9.98. The Kier molecular flexibility index (Phi) is 3.08. The Balaban J connectivity index is 1.45. The van der Waals surface area contributed by atoms with Crippen LogP contribution in [0.3, 0.4) is 0 Å². The van der Waals surface area contributed by atoms with Crippen LogP contribution in [-0.4, -0.2) is 42.4 Å². The molecule has 4 rings (SSSR count). The van der Waals surface area contributed by atoms with Gasteiger partial charge in [-0.1, -0.05) is 6.07 Å². The Labute approximate surface area is 119 Å². The molecule has 4 nitrogen and oxygen atoms in total. The zero-order chi connectivity index (χ0) is 13.5. The van der Waals surface area contributed by atoms with E-state index in [1.165, 1.54) is 12.0 Å². The van der Waals surface area contributed by atoms with E-state index in [1.807, 2.05) is 6.07 Å². The largest absolute Gasteiger partial charge is 0.486 e. The molecule has 2 aliphatic heterocycles. The number of ether oxygens (including phenoxy) is 2. The number of likely N-dealkylation sites (tertiary alicyclic amines) is 1. The van der Waals surface area contributed by atoms with E-state index < -0.39 is 0 Å². The number of benzene rings is 1. The molecule has 1 saturated heterocycles. The number of fused-ring (bicyclic) bond motifs is 2. The Bertz CT molecular complexity index is 504. The van der Waals surface area contributed by atoms with Gasteiger partial charge >= 0.3 is 0 Å². The standard InChI is InChI=1S/C16H21NO3/c18-14-3-2-12-9-17(10-13(12)14)8-11-1-4-15-16(7-11)20-6-5-19-15/h1,4,7,12-14,18H,2-3,5-6,8-10H2/t12-,13+,14-/m1/s1. The van der Waals surface area contributed by atoms with Crippen LogP contribution in [0.25, 0.3) is 0 Å². The van der Waals surface area contributed by atoms with Gasteiger partial charge < -0.3 is 14.6 Å². The van der Waals surface area contributed by atoms with Gasteiger partial charge in [0, 0.05) is 25.6 Å². The van der Waals surface area contributed by atoms with Crippen molar-refractivity contribution < 1.29 is 14.6 Å². The average Bonchev–Trinajstić information content (AvgIpc) is 3.01. The van der Waals surface area contributed by atoms with Crippen LogP contribution in [-0.2, 0) is 6.54 Å². The maximum atomic E-state index is 9.98. The molecule has 20 heavy (non-hydrogen) atoms. The predicted octanol–water partition coefficient (Wildman–Crippen LogP) is 1.66. The van der Waals surface area contributed by atoms with Gasteiger partial charge in [0.15, 0.2) is 11.5 Å². The first-order valence-electron chi connectivity index (χ1n) is 7.58. The molecule has 4 heteroatoms. The van der Waals surface area contributed by atoms with Gasteiger partial charge in [0.1, 0.15) is 13.2 Å². The lowest BCUT2D eigenvalue weighted by Gasteiger charge is -2.21. The highest BCUT2D eigenvalue weighted by molar-refractivity contribution is 5.43. The summed E-state index contributed by atoms with van der Waals surface area (Å²) in [7, 11) is 0. The van der Waals surface area contributed by atoms with Crippen LogP contribution in [0, 0.1) is 11.8 Å². The van der Waals surface area contributed by atoms with Crippen LogP contribution >= 0.6 is 0 Å². The van der Waals surface area contributed by atoms with E-state index in [1.54, 1.807) is 0 Å². The lowest BCUT2D eigenvalue weighted by atomic mass is 10.00. The third-order valence-corrected chi connectivity index (χ3v) is 4.91. The van der Waals surface area contributed by atoms with Crippen molar-refractivity contribution in [1.82, 2.24) is 4.90 Å². The molecule has 0 bridgehead atoms. The molecule has 0 aromatic heterocycles. The second-order valence-corrected chi connectivity index (χ2v) is 6.24. The summed E-state index contributed by atoms with van der Waals surface area (Å²) in [5, 5.41) is 9.98. The molecule has 108 valence electrons. The van der Waals surface area contributed by atoms with E-state index in [0.29, 0.717) is 25.0 Å². The van der Waals surface area contributed by atoms with Crippen LogP contribution in [0.2, 0.25) is 0 Å². The minimum absolute atomic E-state index is 0.0785. The maximum Gasteiger partial charge on any atom is 0.161 e. The second-order valence-electron chi connectivity index (χ2n) is 6.24. The van der Waals surface area contributed by atoms with Crippen LogP contribution in [0.1, 0.15) is 18.4 Å². The summed E-state index contributed by atoms with van der Waals surface area (Å²) in [6.07, 6.45) is 2.10. The summed E-state index contributed by atoms with van der Waals surface area (Å²) in [5.74, 6) is 2.91. The number of rotatable bonds is 2. The van der Waals surface area contributed by atoms with Gasteiger partial charge in [-0.15, -0.1) is 0 Å². The zero-order valence-electron chi connectivity index (χ0n) is 11.6. The van der Waals surface area contributed by atoms with Gasteiger partial charge in [0.25, 0.3) is 0 Å². The SMILES string of the molecule is O[C@@H]1CC[C@@H]2CN(Cc3ccc4c(c3)OCCO4)C[C@@H]21. The third kappa shape index (κ3) is 2.17. The van der Waals surface area contributed by atoms with Gasteiger partial charge in [0.05, 0.1) is 6.10 Å². The highest BCUT2D eigenvalue weighted by Gasteiger charge is 2.41. The summed E-state index contributed by atoms with van der Waals surface area (Å²) in [6.45, 7) is 4.36. The summed E-state index contributed by atoms with van der Waals surface area (Å²) in [4.78, 5) is 2.46. The van der Waals surface area contributed by atoms with E-state index in [-0.39, 0.29) is 6.10 Å². The second kappa shape index (κ2) is 4.93. The van der Waals surface area contributed by atoms with Crippen LogP contribution in [0.5, 0.6) is 11.5 Å². The van der Waals surface area contributed by atoms with E-state index in [4.69, 9.17) is 9.47 Å². The minimum Gasteiger partial charge on any atom is -0.486 e. The number of aliphatic hydroxyl groups excluding tert-OH is 1. The molecule has 1 aliphatic carbocycles. The Morgan fingerprint density at radius 2 is 1.95 bits per heavy atom. The number of hydrogen-bond donors (Lipinski definition) is 1. The van der Waals surface area contributed by atoms with Crippen molar-refractivity contribution in [3.05, 3.63) is 23.8 Å². The summed E-state index contributed by atoms with van der Waals surface area (Å²) >= 11 is 0. The first-order chi connectivity index (χ1) is 9.79. The van der Waals surface area contributed by atoms with E-state index in [0.717, 1.165) is 37.6 Å². The number of nitrogens with zero attached hydrogens (tertiary/aromatic N) is 1. The van der Waals surface area contributed by atoms with Gasteiger partial charge in [0.2, 0.25) is 0 Å². The Hall–Kier alpha value is -1.26. The first kappa shape index (κ1) is 12.5. The minimum atomic E-state index is -0.0785. The predicted molar refractivity (Wildman–Crippen MR) is 74.9 cm³/mol. The Morgan fingerprint density at radius 3 is 2.80 bits per heavy atom. The molecule has 1 aromatic carbocycles. The molecule has 3 aliphatic rings. The third-order valence-electron chi connectivity index (χ3n) is 4.91. The van der Waals surface area contributed by atoms with Gasteiger partial charge in [-0.3, -0.25) is 4.90 Å². The van der Waals surface area contributed by atoms with Crippen molar-refractivity contribution in [2.24, 2.45) is 11.8 Å². The molecular weight excluding hydrogens is 254 g/mol. The summed E-state index contributed by atoms with van der Waals surface area (Å²) in [5.41, 5.74) is 1.27. The molecule has 1 N–H and O–H groups in total. The van der Waals surface area contributed by atoms with Crippen molar-refractivity contribution in [3.63, 3.8) is 0 Å². The highest BCUT2D eigenvalue weighted by atomic mass is 16.6. The van der Waals surface area contributed by atoms with Gasteiger partial charge in [-0.05, 0) is 36.5 Å². The van der Waals surface area contributed by atoms with Crippen LogP contribution in [0.15, 0.2) is 18.2 Å². The highest BCUT2D eigenvalue weighted by Crippen LogP contribution is 2.39. The zero-order valence-corrected chi connectivity index (χ0v) is 11.6. The van der Waals surface area contributed by atoms with E-state index in [2.05, 4.69) is 17.0 Å². The van der Waals surface area contributed by atoms with Crippen molar-refractivity contribution in [2.75, 3.05) is 26.3 Å². The normalized spacial score (nSPS) is 32.4. The molecule has 2 fully saturated rings. The number of aliphatic hydroxyl groups is 1. The smallest absolute Gasteiger partial charge is 0.161 e. The topological polar surface area (TPSA) is 41.9 Å². The number of hydrogen-bond acceptors (Lipinski definition) is 4. The molecule has 1 saturated carbocycles. The lowest BCUT2D eigenvalue weighted by molar-refractivity contribution is 0.123. The molecular formula is C16H21NO3. The molecule has 3 atom stereocenters. The summed E-state index contributed by atoms with van der Waals surface area (Å²) < 4.78 is 11.2. The monoisotopic (exact) mass is 275 g/mol. The van der Waals surface area contributed by atoms with E-state index >= 15 is 0 Å².